The van der Waals surface area contributed by atoms with Crippen LogP contribution < -0.4 is 5.32 Å². The van der Waals surface area contributed by atoms with Crippen molar-refractivity contribution in [1.82, 2.24) is 5.32 Å². The molecule has 0 aliphatic rings. The van der Waals surface area contributed by atoms with Gasteiger partial charge in [-0.3, -0.25) is 4.79 Å². The number of esters is 1. The Bertz CT molecular complexity index is 195. The molecular formula is C13H27NO3. The van der Waals surface area contributed by atoms with Gasteiger partial charge in [-0.25, -0.2) is 0 Å². The van der Waals surface area contributed by atoms with Crippen LogP contribution in [0.25, 0.3) is 0 Å². The molecule has 1 N–H and O–H groups in total. The molecule has 0 aliphatic carbocycles. The summed E-state index contributed by atoms with van der Waals surface area (Å²) in [5.74, 6) is 0.531. The minimum Gasteiger partial charge on any atom is -0.465 e. The molecule has 0 heterocycles. The summed E-state index contributed by atoms with van der Waals surface area (Å²) in [5, 5.41) is 2.94. The van der Waals surface area contributed by atoms with Crippen LogP contribution in [-0.2, 0) is 14.3 Å². The molecule has 17 heavy (non-hydrogen) atoms. The molecule has 4 heteroatoms. The fraction of sp³-hybridized carbons (Fsp3) is 0.923. The van der Waals surface area contributed by atoms with E-state index in [1.54, 1.807) is 7.05 Å². The minimum absolute atomic E-state index is 0.194. The largest absolute Gasteiger partial charge is 0.465 e. The third kappa shape index (κ3) is 9.12. The zero-order valence-corrected chi connectivity index (χ0v) is 11.6. The number of rotatable bonds is 10. The second kappa shape index (κ2) is 10.5. The van der Waals surface area contributed by atoms with Crippen LogP contribution in [0.1, 0.15) is 40.0 Å². The Morgan fingerprint density at radius 3 is 2.47 bits per heavy atom. The number of nitrogens with one attached hydrogen (secondary N) is 1. The van der Waals surface area contributed by atoms with Crippen LogP contribution >= 0.6 is 0 Å². The lowest BCUT2D eigenvalue weighted by molar-refractivity contribution is -0.146. The number of likely N-dealkylation sites (N-methyl/N-ethyl adjacent to an activating group) is 1. The van der Waals surface area contributed by atoms with Crippen molar-refractivity contribution >= 4 is 5.97 Å². The lowest BCUT2D eigenvalue weighted by atomic mass is 10.1. The number of ether oxygens (including phenoxy) is 2. The van der Waals surface area contributed by atoms with Crippen LogP contribution in [0.4, 0.5) is 0 Å². The van der Waals surface area contributed by atoms with Gasteiger partial charge in [-0.05, 0) is 39.2 Å². The molecule has 0 saturated carbocycles. The molecule has 0 radical (unpaired) electrons. The third-order valence-electron chi connectivity index (χ3n) is 2.54. The summed E-state index contributed by atoms with van der Waals surface area (Å²) in [4.78, 5) is 11.4. The molecule has 0 rings (SSSR count). The van der Waals surface area contributed by atoms with Gasteiger partial charge in [0, 0.05) is 13.2 Å². The fourth-order valence-corrected chi connectivity index (χ4v) is 1.52. The van der Waals surface area contributed by atoms with Crippen molar-refractivity contribution in [3.05, 3.63) is 0 Å². The standard InChI is InChI=1S/C13H27NO3/c1-5-17-13(15)12(14-4)8-10-16-9-6-7-11(2)3/h11-12,14H,5-10H2,1-4H3. The number of carbonyl (C=O) groups is 1. The Morgan fingerprint density at radius 1 is 1.24 bits per heavy atom. The zero-order chi connectivity index (χ0) is 13.1. The first-order valence-electron chi connectivity index (χ1n) is 6.53. The molecule has 0 aromatic carbocycles. The summed E-state index contributed by atoms with van der Waals surface area (Å²) in [6.07, 6.45) is 2.94. The van der Waals surface area contributed by atoms with Gasteiger partial charge in [0.05, 0.1) is 6.61 Å². The summed E-state index contributed by atoms with van der Waals surface area (Å²) in [6.45, 7) is 8.02. The molecule has 1 atom stereocenters. The first-order chi connectivity index (χ1) is 8.11. The molecule has 102 valence electrons. The highest BCUT2D eigenvalue weighted by Gasteiger charge is 2.16. The van der Waals surface area contributed by atoms with Crippen LogP contribution in [0.2, 0.25) is 0 Å². The van der Waals surface area contributed by atoms with Crippen molar-refractivity contribution in [2.24, 2.45) is 5.92 Å². The Labute approximate surface area is 105 Å². The summed E-state index contributed by atoms with van der Waals surface area (Å²) < 4.78 is 10.4. The van der Waals surface area contributed by atoms with Gasteiger partial charge in [0.25, 0.3) is 0 Å². The molecule has 0 fully saturated rings. The molecule has 0 aromatic rings. The van der Waals surface area contributed by atoms with Crippen LogP contribution in [0.5, 0.6) is 0 Å². The van der Waals surface area contributed by atoms with Gasteiger partial charge in [-0.1, -0.05) is 13.8 Å². The van der Waals surface area contributed by atoms with Crippen molar-refractivity contribution in [2.45, 2.75) is 46.1 Å². The van der Waals surface area contributed by atoms with E-state index in [2.05, 4.69) is 19.2 Å². The SMILES string of the molecule is CCOC(=O)C(CCOCCCC(C)C)NC. The van der Waals surface area contributed by atoms with Gasteiger partial charge >= 0.3 is 5.97 Å². The Kier molecular flexibility index (Phi) is 10.2. The van der Waals surface area contributed by atoms with Crippen LogP contribution in [-0.4, -0.2) is 38.9 Å². The second-order valence-electron chi connectivity index (χ2n) is 4.53. The molecule has 0 saturated heterocycles. The van der Waals surface area contributed by atoms with Crippen molar-refractivity contribution in [1.29, 1.82) is 0 Å². The van der Waals surface area contributed by atoms with Crippen LogP contribution in [0, 0.1) is 5.92 Å². The number of hydrogen-bond acceptors (Lipinski definition) is 4. The topological polar surface area (TPSA) is 47.6 Å². The van der Waals surface area contributed by atoms with Gasteiger partial charge in [0.2, 0.25) is 0 Å². The third-order valence-corrected chi connectivity index (χ3v) is 2.54. The zero-order valence-electron chi connectivity index (χ0n) is 11.6. The van der Waals surface area contributed by atoms with E-state index >= 15 is 0 Å². The summed E-state index contributed by atoms with van der Waals surface area (Å²) in [7, 11) is 1.76. The summed E-state index contributed by atoms with van der Waals surface area (Å²) in [6, 6.07) is -0.250. The van der Waals surface area contributed by atoms with Gasteiger partial charge < -0.3 is 14.8 Å². The average molecular weight is 245 g/mol. The minimum atomic E-state index is -0.250. The van der Waals surface area contributed by atoms with E-state index in [0.29, 0.717) is 19.6 Å². The highest BCUT2D eigenvalue weighted by Crippen LogP contribution is 2.03. The van der Waals surface area contributed by atoms with Gasteiger partial charge in [0.1, 0.15) is 6.04 Å². The highest BCUT2D eigenvalue weighted by molar-refractivity contribution is 5.75. The molecule has 0 bridgehead atoms. The lowest BCUT2D eigenvalue weighted by Crippen LogP contribution is -2.36. The van der Waals surface area contributed by atoms with E-state index in [1.165, 1.54) is 6.42 Å². The maximum Gasteiger partial charge on any atom is 0.323 e. The molecule has 0 aliphatic heterocycles. The molecule has 1 unspecified atom stereocenters. The van der Waals surface area contributed by atoms with Crippen molar-refractivity contribution in [2.75, 3.05) is 26.9 Å². The summed E-state index contributed by atoms with van der Waals surface area (Å²) >= 11 is 0. The molecule has 0 aromatic heterocycles. The molecule has 4 nitrogen and oxygen atoms in total. The normalized spacial score (nSPS) is 12.8. The van der Waals surface area contributed by atoms with E-state index in [1.807, 2.05) is 6.92 Å². The monoisotopic (exact) mass is 245 g/mol. The number of hydrogen-bond donors (Lipinski definition) is 1. The first-order valence-corrected chi connectivity index (χ1v) is 6.53. The Hall–Kier alpha value is -0.610. The Morgan fingerprint density at radius 2 is 1.94 bits per heavy atom. The van der Waals surface area contributed by atoms with E-state index < -0.39 is 0 Å². The van der Waals surface area contributed by atoms with Crippen LogP contribution in [0.15, 0.2) is 0 Å². The molecule has 0 spiro atoms. The smallest absolute Gasteiger partial charge is 0.323 e. The first kappa shape index (κ1) is 16.4. The maximum absolute atomic E-state index is 11.4. The van der Waals surface area contributed by atoms with E-state index in [9.17, 15) is 4.79 Å². The Balaban J connectivity index is 3.53. The van der Waals surface area contributed by atoms with E-state index in [0.717, 1.165) is 18.9 Å². The van der Waals surface area contributed by atoms with Gasteiger partial charge in [-0.2, -0.15) is 0 Å². The quantitative estimate of drug-likeness (QED) is 0.472. The van der Waals surface area contributed by atoms with E-state index in [-0.39, 0.29) is 12.0 Å². The van der Waals surface area contributed by atoms with Crippen molar-refractivity contribution < 1.29 is 14.3 Å². The number of carbonyl (C=O) groups excluding carboxylic acids is 1. The molecule has 0 amide bonds. The summed E-state index contributed by atoms with van der Waals surface area (Å²) in [5.41, 5.74) is 0. The predicted molar refractivity (Wildman–Crippen MR) is 69.0 cm³/mol. The van der Waals surface area contributed by atoms with Gasteiger partial charge in [-0.15, -0.1) is 0 Å². The lowest BCUT2D eigenvalue weighted by Gasteiger charge is -2.14. The van der Waals surface area contributed by atoms with Crippen molar-refractivity contribution in [3.63, 3.8) is 0 Å². The van der Waals surface area contributed by atoms with E-state index in [4.69, 9.17) is 9.47 Å². The highest BCUT2D eigenvalue weighted by atomic mass is 16.5. The van der Waals surface area contributed by atoms with Gasteiger partial charge in [0.15, 0.2) is 0 Å². The van der Waals surface area contributed by atoms with Crippen LogP contribution in [0.3, 0.4) is 0 Å². The predicted octanol–water partition coefficient (Wildman–Crippen LogP) is 1.98. The fourth-order valence-electron chi connectivity index (χ4n) is 1.52. The van der Waals surface area contributed by atoms with Crippen molar-refractivity contribution in [3.8, 4) is 0 Å². The molecular weight excluding hydrogens is 218 g/mol. The second-order valence-corrected chi connectivity index (χ2v) is 4.53. The average Bonchev–Trinajstić information content (AvgIpc) is 2.28. The maximum atomic E-state index is 11.4.